The molecule has 0 aliphatic rings. The van der Waals surface area contributed by atoms with E-state index >= 15 is 0 Å². The first-order valence-corrected chi connectivity index (χ1v) is 7.17. The summed E-state index contributed by atoms with van der Waals surface area (Å²) in [5, 5.41) is 2.35. The third-order valence-corrected chi connectivity index (χ3v) is 3.41. The minimum Gasteiger partial charge on any atom is -0.321 e. The number of rotatable bonds is 5. The molecule has 0 bridgehead atoms. The Kier molecular flexibility index (Phi) is 6.40. The van der Waals surface area contributed by atoms with Crippen molar-refractivity contribution in [3.8, 4) is 0 Å². The van der Waals surface area contributed by atoms with Gasteiger partial charge in [0, 0.05) is 5.92 Å². The number of ketones is 1. The van der Waals surface area contributed by atoms with Crippen LogP contribution in [0.5, 0.6) is 0 Å². The Balaban J connectivity index is 3.03. The monoisotopic (exact) mass is 271 g/mol. The summed E-state index contributed by atoms with van der Waals surface area (Å²) in [7, 11) is 0. The molecule has 2 heteroatoms. The van der Waals surface area contributed by atoms with Crippen LogP contribution in [0, 0.1) is 5.92 Å². The maximum Gasteiger partial charge on any atom is 0.152 e. The zero-order chi connectivity index (χ0) is 15.1. The van der Waals surface area contributed by atoms with Gasteiger partial charge < -0.3 is 5.73 Å². The van der Waals surface area contributed by atoms with E-state index in [1.54, 1.807) is 0 Å². The van der Waals surface area contributed by atoms with Crippen molar-refractivity contribution in [3.63, 3.8) is 0 Å². The molecule has 0 fully saturated rings. The summed E-state index contributed by atoms with van der Waals surface area (Å²) in [4.78, 5) is 11.9. The average Bonchev–Trinajstić information content (AvgIpc) is 2.45. The van der Waals surface area contributed by atoms with E-state index in [9.17, 15) is 4.79 Å². The van der Waals surface area contributed by atoms with Crippen LogP contribution in [0.25, 0.3) is 12.2 Å². The minimum atomic E-state index is -0.421. The summed E-state index contributed by atoms with van der Waals surface area (Å²) in [5.41, 5.74) is 7.10. The van der Waals surface area contributed by atoms with Gasteiger partial charge in [-0.3, -0.25) is 4.79 Å². The van der Waals surface area contributed by atoms with Crippen LogP contribution in [0.1, 0.15) is 34.1 Å². The van der Waals surface area contributed by atoms with Crippen LogP contribution in [-0.4, -0.2) is 11.8 Å². The molecule has 1 aromatic carbocycles. The van der Waals surface area contributed by atoms with E-state index in [1.165, 1.54) is 5.22 Å². The van der Waals surface area contributed by atoms with Gasteiger partial charge in [0.25, 0.3) is 0 Å². The molecule has 20 heavy (non-hydrogen) atoms. The average molecular weight is 271 g/mol. The Morgan fingerprint density at radius 1 is 1.20 bits per heavy atom. The Morgan fingerprint density at radius 2 is 1.80 bits per heavy atom. The number of carbonyl (C=O) groups excluding carboxylic acids is 1. The van der Waals surface area contributed by atoms with Crippen molar-refractivity contribution >= 4 is 17.9 Å². The lowest BCUT2D eigenvalue weighted by atomic mass is 9.96. The Labute approximate surface area is 121 Å². The molecule has 0 spiro atoms. The normalized spacial score (nSPS) is 15.8. The number of nitrogens with two attached hydrogens (primary N) is 1. The van der Waals surface area contributed by atoms with Crippen molar-refractivity contribution in [3.05, 3.63) is 46.4 Å². The number of Topliss-reactive ketones (excluding diaryl/α,β-unsaturated/α-hetero) is 1. The Morgan fingerprint density at radius 3 is 2.30 bits per heavy atom. The lowest BCUT2D eigenvalue weighted by Crippen LogP contribution is -2.34. The fraction of sp³-hybridized carbons (Fsp3) is 0.389. The molecule has 0 radical (unpaired) electrons. The quantitative estimate of drug-likeness (QED) is 0.892. The van der Waals surface area contributed by atoms with Gasteiger partial charge in [-0.15, -0.1) is 0 Å². The van der Waals surface area contributed by atoms with Gasteiger partial charge in [-0.25, -0.2) is 0 Å². The third kappa shape index (κ3) is 4.46. The molecular formula is C18H25NO. The molecule has 0 amide bonds. The second-order valence-electron chi connectivity index (χ2n) is 5.29. The van der Waals surface area contributed by atoms with Crippen LogP contribution in [0.4, 0.5) is 0 Å². The first-order valence-electron chi connectivity index (χ1n) is 7.17. The van der Waals surface area contributed by atoms with E-state index < -0.39 is 6.04 Å². The summed E-state index contributed by atoms with van der Waals surface area (Å²) in [6.07, 6.45) is 6.81. The highest BCUT2D eigenvalue weighted by molar-refractivity contribution is 5.86. The van der Waals surface area contributed by atoms with Crippen molar-refractivity contribution in [2.75, 3.05) is 0 Å². The topological polar surface area (TPSA) is 43.1 Å². The van der Waals surface area contributed by atoms with Gasteiger partial charge in [0.15, 0.2) is 5.78 Å². The highest BCUT2D eigenvalue weighted by atomic mass is 16.1. The van der Waals surface area contributed by atoms with Crippen molar-refractivity contribution in [2.24, 2.45) is 11.7 Å². The molecule has 0 aromatic heterocycles. The summed E-state index contributed by atoms with van der Waals surface area (Å²) in [6.45, 7) is 7.79. The molecule has 2 N–H and O–H groups in total. The predicted octanol–water partition coefficient (Wildman–Crippen LogP) is 2.16. The van der Waals surface area contributed by atoms with Gasteiger partial charge in [0.1, 0.15) is 0 Å². The van der Waals surface area contributed by atoms with Crippen molar-refractivity contribution in [2.45, 2.75) is 40.2 Å². The smallest absolute Gasteiger partial charge is 0.152 e. The van der Waals surface area contributed by atoms with Gasteiger partial charge in [-0.05, 0) is 36.3 Å². The molecule has 1 rings (SSSR count). The molecule has 0 aliphatic carbocycles. The highest BCUT2D eigenvalue weighted by Crippen LogP contribution is 2.09. The predicted molar refractivity (Wildman–Crippen MR) is 86.5 cm³/mol. The lowest BCUT2D eigenvalue weighted by Gasteiger charge is -2.13. The van der Waals surface area contributed by atoms with Crippen molar-refractivity contribution in [1.82, 2.24) is 0 Å². The van der Waals surface area contributed by atoms with E-state index in [4.69, 9.17) is 5.73 Å². The molecular weight excluding hydrogens is 246 g/mol. The molecule has 1 atom stereocenters. The summed E-state index contributed by atoms with van der Waals surface area (Å²) in [5.74, 6) is 0.104. The van der Waals surface area contributed by atoms with Gasteiger partial charge in [0.05, 0.1) is 6.04 Å². The van der Waals surface area contributed by atoms with Crippen molar-refractivity contribution in [1.29, 1.82) is 0 Å². The zero-order valence-corrected chi connectivity index (χ0v) is 12.9. The van der Waals surface area contributed by atoms with Gasteiger partial charge in [-0.1, -0.05) is 56.3 Å². The molecule has 0 saturated carbocycles. The molecule has 0 saturated heterocycles. The third-order valence-electron chi connectivity index (χ3n) is 3.41. The number of allylic oxidation sites excluding steroid dienone is 1. The second-order valence-corrected chi connectivity index (χ2v) is 5.29. The largest absolute Gasteiger partial charge is 0.321 e. The molecule has 1 unspecified atom stereocenters. The Hall–Kier alpha value is -1.67. The van der Waals surface area contributed by atoms with Crippen LogP contribution in [0.3, 0.4) is 0 Å². The van der Waals surface area contributed by atoms with E-state index in [2.05, 4.69) is 24.3 Å². The Bertz CT molecular complexity index is 596. The number of hydrogen-bond donors (Lipinski definition) is 1. The summed E-state index contributed by atoms with van der Waals surface area (Å²) in [6, 6.07) is 7.78. The summed E-state index contributed by atoms with van der Waals surface area (Å²) < 4.78 is 0. The van der Waals surface area contributed by atoms with Crippen LogP contribution >= 0.6 is 0 Å². The highest BCUT2D eigenvalue weighted by Gasteiger charge is 2.17. The first-order chi connectivity index (χ1) is 9.49. The standard InChI is InChI=1S/C18H25NO/c1-5-14(12-17(19)18(20)13(3)4)11-16-10-8-7-9-15(16)6-2/h5-11,13,17H,12,19H2,1-4H3/b14-5+,15-6-,16-11-. The lowest BCUT2D eigenvalue weighted by molar-refractivity contribution is -0.123. The number of benzene rings is 1. The molecule has 2 nitrogen and oxygen atoms in total. The van der Waals surface area contributed by atoms with Crippen LogP contribution in [0.15, 0.2) is 35.9 Å². The fourth-order valence-corrected chi connectivity index (χ4v) is 2.15. The molecule has 0 aliphatic heterocycles. The maximum atomic E-state index is 11.9. The van der Waals surface area contributed by atoms with E-state index in [-0.39, 0.29) is 11.7 Å². The number of carbonyl (C=O) groups is 1. The zero-order valence-electron chi connectivity index (χ0n) is 12.9. The van der Waals surface area contributed by atoms with E-state index in [0.29, 0.717) is 6.42 Å². The van der Waals surface area contributed by atoms with Crippen LogP contribution in [0.2, 0.25) is 0 Å². The van der Waals surface area contributed by atoms with Crippen LogP contribution < -0.4 is 16.2 Å². The maximum absolute atomic E-state index is 11.9. The fourth-order valence-electron chi connectivity index (χ4n) is 2.15. The molecule has 108 valence electrons. The van der Waals surface area contributed by atoms with E-state index in [1.807, 2.05) is 45.9 Å². The van der Waals surface area contributed by atoms with Gasteiger partial charge >= 0.3 is 0 Å². The van der Waals surface area contributed by atoms with Crippen molar-refractivity contribution < 1.29 is 4.79 Å². The minimum absolute atomic E-state index is 0.0145. The van der Waals surface area contributed by atoms with E-state index in [0.717, 1.165) is 10.8 Å². The molecule has 0 heterocycles. The molecule has 1 aromatic rings. The first kappa shape index (κ1) is 16.4. The number of hydrogen-bond acceptors (Lipinski definition) is 2. The second kappa shape index (κ2) is 7.81. The summed E-state index contributed by atoms with van der Waals surface area (Å²) >= 11 is 0. The van der Waals surface area contributed by atoms with Crippen LogP contribution in [-0.2, 0) is 4.79 Å². The van der Waals surface area contributed by atoms with Gasteiger partial charge in [0.2, 0.25) is 0 Å². The SMILES string of the molecule is C\C=C(/C=c1/cccc/c1=C/C)CC(N)C(=O)C(C)C. The van der Waals surface area contributed by atoms with Gasteiger partial charge in [-0.2, -0.15) is 0 Å².